The fourth-order valence-electron chi connectivity index (χ4n) is 3.40. The van der Waals surface area contributed by atoms with Crippen LogP contribution in [0.5, 0.6) is 0 Å². The second kappa shape index (κ2) is 9.97. The first-order chi connectivity index (χ1) is 10.7. The molecule has 0 aromatic carbocycles. The summed E-state index contributed by atoms with van der Waals surface area (Å²) >= 11 is 0. The highest BCUT2D eigenvalue weighted by atomic mass is 16.6. The molecule has 0 aromatic rings. The van der Waals surface area contributed by atoms with Crippen LogP contribution in [-0.2, 0) is 9.47 Å². The largest absolute Gasteiger partial charge is 0.368 e. The van der Waals surface area contributed by atoms with Crippen molar-refractivity contribution in [3.63, 3.8) is 0 Å². The van der Waals surface area contributed by atoms with Gasteiger partial charge in [-0.15, -0.1) is 0 Å². The highest BCUT2D eigenvalue weighted by molar-refractivity contribution is 4.77. The number of rotatable bonds is 9. The van der Waals surface area contributed by atoms with Crippen LogP contribution in [0.1, 0.15) is 79.6 Å². The van der Waals surface area contributed by atoms with E-state index in [1.54, 1.807) is 0 Å². The minimum Gasteiger partial charge on any atom is -0.368 e. The molecule has 1 rings (SSSR count). The molecular formula is C19H38O4. The zero-order valence-electron chi connectivity index (χ0n) is 15.8. The molecule has 3 unspecified atom stereocenters. The van der Waals surface area contributed by atoms with Crippen molar-refractivity contribution in [2.24, 2.45) is 17.8 Å². The van der Waals surface area contributed by atoms with Gasteiger partial charge in [-0.1, -0.05) is 20.3 Å². The molecule has 1 aliphatic carbocycles. The third-order valence-electron chi connectivity index (χ3n) is 5.04. The lowest BCUT2D eigenvalue weighted by molar-refractivity contribution is -0.176. The van der Waals surface area contributed by atoms with Crippen LogP contribution >= 0.6 is 0 Å². The van der Waals surface area contributed by atoms with E-state index in [2.05, 4.69) is 13.8 Å². The van der Waals surface area contributed by atoms with Crippen molar-refractivity contribution in [3.8, 4) is 0 Å². The van der Waals surface area contributed by atoms with Crippen molar-refractivity contribution in [3.05, 3.63) is 0 Å². The Balaban J connectivity index is 2.14. The normalized spacial score (nSPS) is 26.7. The molecule has 0 spiro atoms. The van der Waals surface area contributed by atoms with E-state index in [-0.39, 0.29) is 11.5 Å². The molecule has 1 saturated carbocycles. The van der Waals surface area contributed by atoms with Gasteiger partial charge in [-0.3, -0.25) is 0 Å². The van der Waals surface area contributed by atoms with E-state index < -0.39 is 12.6 Å². The molecule has 3 atom stereocenters. The summed E-state index contributed by atoms with van der Waals surface area (Å²) in [6.07, 6.45) is 5.58. The third-order valence-corrected chi connectivity index (χ3v) is 5.04. The second-order valence-corrected chi connectivity index (χ2v) is 8.15. The van der Waals surface area contributed by atoms with E-state index >= 15 is 0 Å². The lowest BCUT2D eigenvalue weighted by Crippen LogP contribution is -2.30. The molecule has 1 fully saturated rings. The lowest BCUT2D eigenvalue weighted by atomic mass is 9.75. The van der Waals surface area contributed by atoms with Gasteiger partial charge < -0.3 is 19.7 Å². The molecule has 0 radical (unpaired) electrons. The highest BCUT2D eigenvalue weighted by Crippen LogP contribution is 2.36. The fourth-order valence-corrected chi connectivity index (χ4v) is 3.40. The Hall–Kier alpha value is -0.160. The molecule has 0 bridgehead atoms. The summed E-state index contributed by atoms with van der Waals surface area (Å²) in [4.78, 5) is 0. The first kappa shape index (κ1) is 20.9. The highest BCUT2D eigenvalue weighted by Gasteiger charge is 2.29. The Morgan fingerprint density at radius 1 is 1.04 bits per heavy atom. The van der Waals surface area contributed by atoms with Crippen LogP contribution in [0.2, 0.25) is 0 Å². The van der Waals surface area contributed by atoms with Crippen LogP contribution in [0.3, 0.4) is 0 Å². The minimum atomic E-state index is -0.762. The van der Waals surface area contributed by atoms with Gasteiger partial charge in [0.25, 0.3) is 0 Å². The molecule has 0 heterocycles. The number of hydrogen-bond donors (Lipinski definition) is 2. The predicted octanol–water partition coefficient (Wildman–Crippen LogP) is 4.09. The number of ether oxygens (including phenoxy) is 2. The molecular weight excluding hydrogens is 292 g/mol. The molecule has 2 N–H and O–H groups in total. The van der Waals surface area contributed by atoms with Crippen LogP contribution < -0.4 is 0 Å². The SMILES string of the molecule is CCC(C)C1CCC(C(O)OCCCC(O)OC(C)(C)C)CC1. The van der Waals surface area contributed by atoms with Gasteiger partial charge in [0.1, 0.15) is 0 Å². The summed E-state index contributed by atoms with van der Waals surface area (Å²) in [5, 5.41) is 20.0. The summed E-state index contributed by atoms with van der Waals surface area (Å²) in [6.45, 7) is 10.8. The van der Waals surface area contributed by atoms with Gasteiger partial charge in [0.05, 0.1) is 5.60 Å². The van der Waals surface area contributed by atoms with Gasteiger partial charge in [-0.25, -0.2) is 0 Å². The van der Waals surface area contributed by atoms with Crippen molar-refractivity contribution in [2.45, 2.75) is 97.7 Å². The maximum atomic E-state index is 10.2. The fraction of sp³-hybridized carbons (Fsp3) is 1.00. The van der Waals surface area contributed by atoms with Crippen LogP contribution in [0.4, 0.5) is 0 Å². The zero-order chi connectivity index (χ0) is 17.5. The van der Waals surface area contributed by atoms with Crippen molar-refractivity contribution >= 4 is 0 Å². The van der Waals surface area contributed by atoms with E-state index in [0.717, 1.165) is 24.7 Å². The van der Waals surface area contributed by atoms with Gasteiger partial charge in [-0.05, 0) is 64.7 Å². The van der Waals surface area contributed by atoms with Crippen molar-refractivity contribution in [2.75, 3.05) is 6.61 Å². The van der Waals surface area contributed by atoms with Crippen LogP contribution in [0, 0.1) is 17.8 Å². The molecule has 0 aromatic heterocycles. The van der Waals surface area contributed by atoms with E-state index in [0.29, 0.717) is 19.4 Å². The number of hydrogen-bond acceptors (Lipinski definition) is 4. The Morgan fingerprint density at radius 3 is 2.13 bits per heavy atom. The Bertz CT molecular complexity index is 305. The van der Waals surface area contributed by atoms with Crippen molar-refractivity contribution in [1.29, 1.82) is 0 Å². The van der Waals surface area contributed by atoms with Gasteiger partial charge in [0.2, 0.25) is 0 Å². The van der Waals surface area contributed by atoms with Crippen molar-refractivity contribution < 1.29 is 19.7 Å². The maximum Gasteiger partial charge on any atom is 0.157 e. The molecule has 0 saturated heterocycles. The van der Waals surface area contributed by atoms with Crippen LogP contribution in [0.15, 0.2) is 0 Å². The van der Waals surface area contributed by atoms with E-state index in [1.165, 1.54) is 19.3 Å². The Kier molecular flexibility index (Phi) is 9.06. The lowest BCUT2D eigenvalue weighted by Gasteiger charge is -2.34. The van der Waals surface area contributed by atoms with Crippen molar-refractivity contribution in [1.82, 2.24) is 0 Å². The maximum absolute atomic E-state index is 10.2. The molecule has 1 aliphatic rings. The molecule has 0 amide bonds. The molecule has 4 nitrogen and oxygen atoms in total. The Morgan fingerprint density at radius 2 is 1.61 bits per heavy atom. The molecule has 23 heavy (non-hydrogen) atoms. The number of aliphatic hydroxyl groups excluding tert-OH is 2. The first-order valence-electron chi connectivity index (χ1n) is 9.38. The third kappa shape index (κ3) is 8.48. The van der Waals surface area contributed by atoms with Gasteiger partial charge >= 0.3 is 0 Å². The molecule has 0 aliphatic heterocycles. The molecule has 138 valence electrons. The monoisotopic (exact) mass is 330 g/mol. The summed E-state index contributed by atoms with van der Waals surface area (Å²) in [5.74, 6) is 1.87. The summed E-state index contributed by atoms with van der Waals surface area (Å²) in [5.41, 5.74) is -0.339. The van der Waals surface area contributed by atoms with Gasteiger partial charge in [-0.2, -0.15) is 0 Å². The molecule has 4 heteroatoms. The van der Waals surface area contributed by atoms with Gasteiger partial charge in [0, 0.05) is 18.9 Å². The van der Waals surface area contributed by atoms with E-state index in [1.807, 2.05) is 20.8 Å². The quantitative estimate of drug-likeness (QED) is 0.494. The van der Waals surface area contributed by atoms with E-state index in [4.69, 9.17) is 9.47 Å². The minimum absolute atomic E-state index is 0.269. The average molecular weight is 331 g/mol. The van der Waals surface area contributed by atoms with E-state index in [9.17, 15) is 10.2 Å². The van der Waals surface area contributed by atoms with Crippen LogP contribution in [0.25, 0.3) is 0 Å². The summed E-state index contributed by atoms with van der Waals surface area (Å²) < 4.78 is 11.0. The van der Waals surface area contributed by atoms with Crippen LogP contribution in [-0.4, -0.2) is 35.0 Å². The predicted molar refractivity (Wildman–Crippen MR) is 92.9 cm³/mol. The summed E-state index contributed by atoms with van der Waals surface area (Å²) in [6, 6.07) is 0. The zero-order valence-corrected chi connectivity index (χ0v) is 15.8. The summed E-state index contributed by atoms with van der Waals surface area (Å²) in [7, 11) is 0. The average Bonchev–Trinajstić information content (AvgIpc) is 2.49. The van der Waals surface area contributed by atoms with Gasteiger partial charge in [0.15, 0.2) is 12.6 Å². The number of aliphatic hydroxyl groups is 2. The smallest absolute Gasteiger partial charge is 0.157 e. The standard InChI is InChI=1S/C19H38O4/c1-6-14(2)15-9-11-16(12-10-15)18(21)22-13-7-8-17(20)23-19(3,4)5/h14-18,20-21H,6-13H2,1-5H3. The first-order valence-corrected chi connectivity index (χ1v) is 9.38. The second-order valence-electron chi connectivity index (χ2n) is 8.15. The Labute approximate surface area is 142 Å². The topological polar surface area (TPSA) is 58.9 Å².